The molecule has 0 aliphatic rings. The summed E-state index contributed by atoms with van der Waals surface area (Å²) in [5.41, 5.74) is 0. The lowest BCUT2D eigenvalue weighted by atomic mass is 10.3. The monoisotopic (exact) mass is 289 g/mol. The summed E-state index contributed by atoms with van der Waals surface area (Å²) >= 11 is 5.28. The molecule has 1 rings (SSSR count). The van der Waals surface area contributed by atoms with Gasteiger partial charge < -0.3 is 5.32 Å². The molecule has 0 spiro atoms. The number of rotatable bonds is 6. The number of hydrogen-bond acceptors (Lipinski definition) is 4. The van der Waals surface area contributed by atoms with E-state index in [9.17, 15) is 0 Å². The van der Waals surface area contributed by atoms with Crippen LogP contribution in [-0.2, 0) is 0 Å². The predicted octanol–water partition coefficient (Wildman–Crippen LogP) is 3.56. The molecule has 0 aromatic carbocycles. The van der Waals surface area contributed by atoms with E-state index in [1.54, 1.807) is 18.1 Å². The van der Waals surface area contributed by atoms with E-state index in [4.69, 9.17) is 0 Å². The highest BCUT2D eigenvalue weighted by atomic mass is 79.9. The van der Waals surface area contributed by atoms with Crippen LogP contribution in [0.3, 0.4) is 0 Å². The summed E-state index contributed by atoms with van der Waals surface area (Å²) < 4.78 is 0.967. The normalized spacial score (nSPS) is 10.3. The third-order valence-electron chi connectivity index (χ3n) is 1.98. The van der Waals surface area contributed by atoms with Crippen LogP contribution < -0.4 is 5.32 Å². The van der Waals surface area contributed by atoms with Gasteiger partial charge in [0, 0.05) is 7.05 Å². The third kappa shape index (κ3) is 3.99. The number of nitrogens with one attached hydrogen (secondary N) is 1. The first-order chi connectivity index (χ1) is 7.29. The third-order valence-corrected chi connectivity index (χ3v) is 4.07. The average molecular weight is 290 g/mol. The Morgan fingerprint density at radius 2 is 2.20 bits per heavy atom. The molecule has 84 valence electrons. The minimum atomic E-state index is 0.850. The molecule has 0 aliphatic heterocycles. The second kappa shape index (κ2) is 7.06. The summed E-state index contributed by atoms with van der Waals surface area (Å²) in [4.78, 5) is 8.37. The number of anilines is 1. The zero-order chi connectivity index (χ0) is 11.1. The van der Waals surface area contributed by atoms with E-state index in [2.05, 4.69) is 38.1 Å². The molecule has 0 saturated carbocycles. The number of aromatic nitrogens is 2. The Kier molecular flexibility index (Phi) is 6.02. The first-order valence-corrected chi connectivity index (χ1v) is 6.88. The Morgan fingerprint density at radius 3 is 2.87 bits per heavy atom. The predicted molar refractivity (Wildman–Crippen MR) is 69.5 cm³/mol. The Bertz CT molecular complexity index is 307. The van der Waals surface area contributed by atoms with E-state index in [0.717, 1.165) is 21.1 Å². The Hall–Kier alpha value is -0.290. The molecule has 1 aromatic rings. The molecule has 0 amide bonds. The Morgan fingerprint density at radius 1 is 1.40 bits per heavy atom. The average Bonchev–Trinajstić information content (AvgIpc) is 2.26. The molecule has 1 aromatic heterocycles. The van der Waals surface area contributed by atoms with Crippen molar-refractivity contribution < 1.29 is 0 Å². The van der Waals surface area contributed by atoms with Gasteiger partial charge in [0.2, 0.25) is 0 Å². The highest BCUT2D eigenvalue weighted by Crippen LogP contribution is 2.30. The lowest BCUT2D eigenvalue weighted by Crippen LogP contribution is -1.96. The summed E-state index contributed by atoms with van der Waals surface area (Å²) in [6, 6.07) is 0. The molecule has 0 radical (unpaired) electrons. The lowest BCUT2D eigenvalue weighted by Gasteiger charge is -2.06. The van der Waals surface area contributed by atoms with E-state index >= 15 is 0 Å². The van der Waals surface area contributed by atoms with Gasteiger partial charge in [-0.2, -0.15) is 0 Å². The fraction of sp³-hybridized carbons (Fsp3) is 0.600. The van der Waals surface area contributed by atoms with Crippen LogP contribution in [0.4, 0.5) is 5.82 Å². The second-order valence-electron chi connectivity index (χ2n) is 3.15. The summed E-state index contributed by atoms with van der Waals surface area (Å²) in [5.74, 6) is 1.97. The van der Waals surface area contributed by atoms with Crippen molar-refractivity contribution in [2.45, 2.75) is 31.2 Å². The van der Waals surface area contributed by atoms with E-state index in [-0.39, 0.29) is 0 Å². The molecule has 3 nitrogen and oxygen atoms in total. The summed E-state index contributed by atoms with van der Waals surface area (Å²) in [6.45, 7) is 2.21. The molecule has 0 unspecified atom stereocenters. The van der Waals surface area contributed by atoms with Crippen molar-refractivity contribution in [2.75, 3.05) is 18.1 Å². The van der Waals surface area contributed by atoms with Crippen LogP contribution in [0, 0.1) is 0 Å². The van der Waals surface area contributed by atoms with Crippen molar-refractivity contribution in [3.8, 4) is 0 Å². The molecule has 5 heteroatoms. The standard InChI is InChI=1S/C10H16BrN3S/c1-3-4-5-6-15-10-8(11)9(12-2)13-7-14-10/h7H,3-6H2,1-2H3,(H,12,13,14). The SMILES string of the molecule is CCCCCSc1ncnc(NC)c1Br. The van der Waals surface area contributed by atoms with Crippen LogP contribution in [0.25, 0.3) is 0 Å². The highest BCUT2D eigenvalue weighted by Gasteiger charge is 2.07. The van der Waals surface area contributed by atoms with Gasteiger partial charge in [0.1, 0.15) is 17.2 Å². The van der Waals surface area contributed by atoms with Gasteiger partial charge in [0.25, 0.3) is 0 Å². The zero-order valence-corrected chi connectivity index (χ0v) is 11.5. The van der Waals surface area contributed by atoms with Crippen molar-refractivity contribution >= 4 is 33.5 Å². The van der Waals surface area contributed by atoms with E-state index in [1.165, 1.54) is 19.3 Å². The number of thioether (sulfide) groups is 1. The van der Waals surface area contributed by atoms with Crippen LogP contribution in [0.5, 0.6) is 0 Å². The van der Waals surface area contributed by atoms with Gasteiger partial charge in [0.05, 0.1) is 4.47 Å². The number of unbranched alkanes of at least 4 members (excludes halogenated alkanes) is 2. The van der Waals surface area contributed by atoms with Crippen LogP contribution in [0.2, 0.25) is 0 Å². The Labute approximate surface area is 104 Å². The molecule has 0 aliphatic carbocycles. The first kappa shape index (κ1) is 12.8. The van der Waals surface area contributed by atoms with Crippen LogP contribution in [-0.4, -0.2) is 22.8 Å². The smallest absolute Gasteiger partial charge is 0.144 e. The van der Waals surface area contributed by atoms with Gasteiger partial charge in [0.15, 0.2) is 0 Å². The van der Waals surface area contributed by atoms with Gasteiger partial charge in [-0.25, -0.2) is 9.97 Å². The molecule has 0 fully saturated rings. The fourth-order valence-electron chi connectivity index (χ4n) is 1.15. The highest BCUT2D eigenvalue weighted by molar-refractivity contribution is 9.10. The molecule has 0 atom stereocenters. The number of halogens is 1. The van der Waals surface area contributed by atoms with Crippen LogP contribution in [0.15, 0.2) is 15.8 Å². The minimum absolute atomic E-state index is 0.850. The molecular formula is C10H16BrN3S. The molecule has 1 N–H and O–H groups in total. The van der Waals surface area contributed by atoms with Crippen LogP contribution in [0.1, 0.15) is 26.2 Å². The zero-order valence-electron chi connectivity index (χ0n) is 9.09. The maximum absolute atomic E-state index is 4.25. The maximum atomic E-state index is 4.25. The van der Waals surface area contributed by atoms with E-state index in [0.29, 0.717) is 0 Å². The number of nitrogens with zero attached hydrogens (tertiary/aromatic N) is 2. The van der Waals surface area contributed by atoms with Gasteiger partial charge in [-0.3, -0.25) is 0 Å². The van der Waals surface area contributed by atoms with Crippen molar-refractivity contribution in [1.82, 2.24) is 9.97 Å². The van der Waals surface area contributed by atoms with Gasteiger partial charge in [-0.15, -0.1) is 11.8 Å². The molecule has 0 saturated heterocycles. The fourth-order valence-corrected chi connectivity index (χ4v) is 2.78. The molecule has 15 heavy (non-hydrogen) atoms. The van der Waals surface area contributed by atoms with Crippen molar-refractivity contribution in [2.24, 2.45) is 0 Å². The topological polar surface area (TPSA) is 37.8 Å². The van der Waals surface area contributed by atoms with Crippen molar-refractivity contribution in [1.29, 1.82) is 0 Å². The lowest BCUT2D eigenvalue weighted by molar-refractivity contribution is 0.778. The summed E-state index contributed by atoms with van der Waals surface area (Å²) in [6.07, 6.45) is 5.38. The molecule has 1 heterocycles. The first-order valence-electron chi connectivity index (χ1n) is 5.10. The van der Waals surface area contributed by atoms with E-state index in [1.807, 2.05) is 7.05 Å². The number of hydrogen-bond donors (Lipinski definition) is 1. The molecular weight excluding hydrogens is 274 g/mol. The summed E-state index contributed by atoms with van der Waals surface area (Å²) in [5, 5.41) is 4.04. The maximum Gasteiger partial charge on any atom is 0.144 e. The van der Waals surface area contributed by atoms with Gasteiger partial charge in [-0.1, -0.05) is 19.8 Å². The summed E-state index contributed by atoms with van der Waals surface area (Å²) in [7, 11) is 1.86. The van der Waals surface area contributed by atoms with Gasteiger partial charge >= 0.3 is 0 Å². The van der Waals surface area contributed by atoms with Crippen LogP contribution >= 0.6 is 27.7 Å². The second-order valence-corrected chi connectivity index (χ2v) is 5.02. The van der Waals surface area contributed by atoms with Gasteiger partial charge in [-0.05, 0) is 28.1 Å². The largest absolute Gasteiger partial charge is 0.372 e. The van der Waals surface area contributed by atoms with Crippen molar-refractivity contribution in [3.63, 3.8) is 0 Å². The molecule has 0 bridgehead atoms. The van der Waals surface area contributed by atoms with Crippen molar-refractivity contribution in [3.05, 3.63) is 10.8 Å². The Balaban J connectivity index is 2.53. The minimum Gasteiger partial charge on any atom is -0.372 e. The van der Waals surface area contributed by atoms with E-state index < -0.39 is 0 Å². The quantitative estimate of drug-likeness (QED) is 0.494.